The Labute approximate surface area is 117 Å². The molecule has 0 spiro atoms. The Bertz CT molecular complexity index is 575. The summed E-state index contributed by atoms with van der Waals surface area (Å²) in [5, 5.41) is 20.5. The molecule has 0 saturated heterocycles. The third-order valence-electron chi connectivity index (χ3n) is 2.10. The zero-order chi connectivity index (χ0) is 15.2. The standard InChI is InChI=1S/C14H15FN4O/c1-14(2,3)9-20-13-5-4-10(6-12(13)15)18-19-11(7-16)8-17/h4-6,18H,9H2,1-3H3. The van der Waals surface area contributed by atoms with Gasteiger partial charge in [-0.25, -0.2) is 4.39 Å². The van der Waals surface area contributed by atoms with Gasteiger partial charge in [0.15, 0.2) is 11.6 Å². The van der Waals surface area contributed by atoms with Crippen LogP contribution in [0.3, 0.4) is 0 Å². The van der Waals surface area contributed by atoms with Gasteiger partial charge in [-0.3, -0.25) is 5.43 Å². The molecule has 0 bridgehead atoms. The van der Waals surface area contributed by atoms with Crippen LogP contribution in [-0.4, -0.2) is 12.3 Å². The van der Waals surface area contributed by atoms with Gasteiger partial charge in [0.25, 0.3) is 0 Å². The first-order valence-corrected chi connectivity index (χ1v) is 5.92. The van der Waals surface area contributed by atoms with Gasteiger partial charge < -0.3 is 4.74 Å². The summed E-state index contributed by atoms with van der Waals surface area (Å²) in [5.41, 5.74) is 2.36. The van der Waals surface area contributed by atoms with Crippen molar-refractivity contribution in [3.63, 3.8) is 0 Å². The Balaban J connectivity index is 2.77. The molecular weight excluding hydrogens is 259 g/mol. The van der Waals surface area contributed by atoms with E-state index in [1.165, 1.54) is 12.1 Å². The van der Waals surface area contributed by atoms with E-state index in [-0.39, 0.29) is 16.9 Å². The summed E-state index contributed by atoms with van der Waals surface area (Å²) in [5.74, 6) is -0.389. The molecule has 0 unspecified atom stereocenters. The average Bonchev–Trinajstić information content (AvgIpc) is 2.38. The van der Waals surface area contributed by atoms with E-state index in [0.29, 0.717) is 12.3 Å². The molecule has 1 rings (SSSR count). The van der Waals surface area contributed by atoms with Crippen LogP contribution in [0.2, 0.25) is 0 Å². The number of nitriles is 2. The number of hydrazone groups is 1. The van der Waals surface area contributed by atoms with E-state index in [0.717, 1.165) is 0 Å². The highest BCUT2D eigenvalue weighted by Gasteiger charge is 2.13. The maximum absolute atomic E-state index is 13.8. The largest absolute Gasteiger partial charge is 0.490 e. The van der Waals surface area contributed by atoms with Gasteiger partial charge in [0.05, 0.1) is 12.3 Å². The van der Waals surface area contributed by atoms with Crippen molar-refractivity contribution in [3.05, 3.63) is 24.0 Å². The number of anilines is 1. The number of nitrogens with zero attached hydrogens (tertiary/aromatic N) is 3. The molecule has 0 aliphatic rings. The summed E-state index contributed by atoms with van der Waals surface area (Å²) in [6.07, 6.45) is 0. The summed E-state index contributed by atoms with van der Waals surface area (Å²) in [7, 11) is 0. The SMILES string of the molecule is CC(C)(C)COc1ccc(NN=C(C#N)C#N)cc1F. The third kappa shape index (κ3) is 4.95. The zero-order valence-electron chi connectivity index (χ0n) is 11.6. The number of hydrogen-bond donors (Lipinski definition) is 1. The number of benzene rings is 1. The van der Waals surface area contributed by atoms with E-state index in [4.69, 9.17) is 15.3 Å². The van der Waals surface area contributed by atoms with Crippen LogP contribution in [0.5, 0.6) is 5.75 Å². The lowest BCUT2D eigenvalue weighted by atomic mass is 9.99. The summed E-state index contributed by atoms with van der Waals surface area (Å²) in [4.78, 5) is 0. The van der Waals surface area contributed by atoms with Gasteiger partial charge in [0.2, 0.25) is 5.71 Å². The van der Waals surface area contributed by atoms with Crippen molar-refractivity contribution < 1.29 is 9.13 Å². The third-order valence-corrected chi connectivity index (χ3v) is 2.10. The highest BCUT2D eigenvalue weighted by Crippen LogP contribution is 2.23. The Morgan fingerprint density at radius 2 is 2.00 bits per heavy atom. The lowest BCUT2D eigenvalue weighted by Gasteiger charge is -2.19. The maximum Gasteiger partial charge on any atom is 0.237 e. The first-order valence-electron chi connectivity index (χ1n) is 5.92. The monoisotopic (exact) mass is 274 g/mol. The predicted octanol–water partition coefficient (Wildman–Crippen LogP) is 3.07. The molecule has 0 amide bonds. The Morgan fingerprint density at radius 1 is 1.35 bits per heavy atom. The zero-order valence-corrected chi connectivity index (χ0v) is 11.6. The molecule has 0 saturated carbocycles. The van der Waals surface area contributed by atoms with E-state index in [2.05, 4.69) is 10.5 Å². The molecule has 0 atom stereocenters. The van der Waals surface area contributed by atoms with Crippen LogP contribution in [0.1, 0.15) is 20.8 Å². The van der Waals surface area contributed by atoms with Gasteiger partial charge in [0, 0.05) is 6.07 Å². The molecule has 1 aromatic rings. The summed E-state index contributed by atoms with van der Waals surface area (Å²) >= 11 is 0. The van der Waals surface area contributed by atoms with E-state index in [1.54, 1.807) is 18.2 Å². The Hall–Kier alpha value is -2.60. The second-order valence-electron chi connectivity index (χ2n) is 5.29. The lowest BCUT2D eigenvalue weighted by Crippen LogP contribution is -2.17. The minimum absolute atomic E-state index is 0.0673. The minimum atomic E-state index is -0.537. The molecule has 0 fully saturated rings. The molecule has 0 heterocycles. The van der Waals surface area contributed by atoms with Gasteiger partial charge in [-0.15, -0.1) is 0 Å². The Morgan fingerprint density at radius 3 is 2.50 bits per heavy atom. The summed E-state index contributed by atoms with van der Waals surface area (Å²) in [6, 6.07) is 7.40. The van der Waals surface area contributed by atoms with Gasteiger partial charge in [-0.2, -0.15) is 15.6 Å². The smallest absolute Gasteiger partial charge is 0.237 e. The molecule has 0 radical (unpaired) electrons. The van der Waals surface area contributed by atoms with Gasteiger partial charge >= 0.3 is 0 Å². The first kappa shape index (κ1) is 15.5. The van der Waals surface area contributed by atoms with E-state index in [1.807, 2.05) is 20.8 Å². The normalized spacial score (nSPS) is 10.1. The topological polar surface area (TPSA) is 81.2 Å². The fourth-order valence-corrected chi connectivity index (χ4v) is 1.18. The van der Waals surface area contributed by atoms with Crippen molar-refractivity contribution in [2.24, 2.45) is 10.5 Å². The molecule has 0 aliphatic carbocycles. The van der Waals surface area contributed by atoms with Crippen molar-refractivity contribution in [1.29, 1.82) is 10.5 Å². The molecular formula is C14H15FN4O. The maximum atomic E-state index is 13.8. The van der Waals surface area contributed by atoms with E-state index >= 15 is 0 Å². The van der Waals surface area contributed by atoms with Crippen LogP contribution in [0.15, 0.2) is 23.3 Å². The molecule has 0 aliphatic heterocycles. The molecule has 1 N–H and O–H groups in total. The fraction of sp³-hybridized carbons (Fsp3) is 0.357. The van der Waals surface area contributed by atoms with Crippen LogP contribution < -0.4 is 10.2 Å². The number of hydrogen-bond acceptors (Lipinski definition) is 5. The predicted molar refractivity (Wildman–Crippen MR) is 73.6 cm³/mol. The van der Waals surface area contributed by atoms with Crippen molar-refractivity contribution in [2.75, 3.05) is 12.0 Å². The first-order chi connectivity index (χ1) is 9.35. The molecule has 0 aromatic heterocycles. The average molecular weight is 274 g/mol. The highest BCUT2D eigenvalue weighted by atomic mass is 19.1. The van der Waals surface area contributed by atoms with Crippen LogP contribution >= 0.6 is 0 Å². The number of rotatable bonds is 4. The summed E-state index contributed by atoms with van der Waals surface area (Å²) < 4.78 is 19.2. The van der Waals surface area contributed by atoms with Crippen molar-refractivity contribution in [2.45, 2.75) is 20.8 Å². The minimum Gasteiger partial charge on any atom is -0.490 e. The number of halogens is 1. The van der Waals surface area contributed by atoms with Crippen LogP contribution in [0.4, 0.5) is 10.1 Å². The number of nitrogens with one attached hydrogen (secondary N) is 1. The highest BCUT2D eigenvalue weighted by molar-refractivity contribution is 6.10. The second-order valence-corrected chi connectivity index (χ2v) is 5.29. The summed E-state index contributed by atoms with van der Waals surface area (Å²) in [6.45, 7) is 6.35. The van der Waals surface area contributed by atoms with Gasteiger partial charge in [0.1, 0.15) is 12.1 Å². The molecule has 104 valence electrons. The van der Waals surface area contributed by atoms with Crippen LogP contribution in [-0.2, 0) is 0 Å². The lowest BCUT2D eigenvalue weighted by molar-refractivity contribution is 0.191. The molecule has 6 heteroatoms. The van der Waals surface area contributed by atoms with Crippen molar-refractivity contribution in [3.8, 4) is 17.9 Å². The van der Waals surface area contributed by atoms with Crippen LogP contribution in [0, 0.1) is 33.9 Å². The van der Waals surface area contributed by atoms with Crippen molar-refractivity contribution >= 4 is 11.4 Å². The molecule has 20 heavy (non-hydrogen) atoms. The Kier molecular flexibility index (Phi) is 5.05. The molecule has 1 aromatic carbocycles. The van der Waals surface area contributed by atoms with E-state index < -0.39 is 5.82 Å². The van der Waals surface area contributed by atoms with Crippen molar-refractivity contribution in [1.82, 2.24) is 0 Å². The number of ether oxygens (including phenoxy) is 1. The van der Waals surface area contributed by atoms with Gasteiger partial charge in [-0.05, 0) is 17.5 Å². The molecule has 5 nitrogen and oxygen atoms in total. The quantitative estimate of drug-likeness (QED) is 0.675. The second kappa shape index (κ2) is 6.53. The van der Waals surface area contributed by atoms with E-state index in [9.17, 15) is 4.39 Å². The fourth-order valence-electron chi connectivity index (χ4n) is 1.18. The van der Waals surface area contributed by atoms with Crippen LogP contribution in [0.25, 0.3) is 0 Å². The van der Waals surface area contributed by atoms with Gasteiger partial charge in [-0.1, -0.05) is 20.8 Å².